The summed E-state index contributed by atoms with van der Waals surface area (Å²) >= 11 is 6.50. The van der Waals surface area contributed by atoms with Gasteiger partial charge in [0.15, 0.2) is 11.5 Å². The number of amides is 4. The van der Waals surface area contributed by atoms with Crippen molar-refractivity contribution >= 4 is 41.2 Å². The van der Waals surface area contributed by atoms with Crippen molar-refractivity contribution in [2.45, 2.75) is 47.1 Å². The van der Waals surface area contributed by atoms with Crippen LogP contribution in [0.4, 0.5) is 10.5 Å². The Labute approximate surface area is 221 Å². The van der Waals surface area contributed by atoms with Gasteiger partial charge >= 0.3 is 6.03 Å². The second-order valence-electron chi connectivity index (χ2n) is 8.05. The van der Waals surface area contributed by atoms with Gasteiger partial charge in [-0.3, -0.25) is 14.9 Å². The van der Waals surface area contributed by atoms with E-state index >= 15 is 0 Å². The van der Waals surface area contributed by atoms with Gasteiger partial charge in [-0.05, 0) is 70.0 Å². The minimum absolute atomic E-state index is 0.0989. The van der Waals surface area contributed by atoms with Crippen molar-refractivity contribution in [3.05, 3.63) is 46.5 Å². The highest BCUT2D eigenvalue weighted by atomic mass is 35.5. The summed E-state index contributed by atoms with van der Waals surface area (Å²) in [6.45, 7) is 10.4. The molecule has 1 aliphatic rings. The molecule has 9 nitrogen and oxygen atoms in total. The molecule has 1 N–H and O–H groups in total. The van der Waals surface area contributed by atoms with Gasteiger partial charge in [0.2, 0.25) is 0 Å². The van der Waals surface area contributed by atoms with Crippen LogP contribution in [0, 0.1) is 0 Å². The van der Waals surface area contributed by atoms with E-state index in [4.69, 9.17) is 30.5 Å². The Balaban J connectivity index is 2.07. The summed E-state index contributed by atoms with van der Waals surface area (Å²) in [5, 5.41) is 2.48. The molecule has 1 fully saturated rings. The first-order valence-corrected chi connectivity index (χ1v) is 12.6. The fraction of sp³-hybridized carbons (Fsp3) is 0.370. The van der Waals surface area contributed by atoms with E-state index in [2.05, 4.69) is 5.32 Å². The van der Waals surface area contributed by atoms with Gasteiger partial charge in [-0.15, -0.1) is 0 Å². The lowest BCUT2D eigenvalue weighted by molar-refractivity contribution is -0.122. The molecule has 0 aromatic heterocycles. The normalized spacial score (nSPS) is 15.5. The van der Waals surface area contributed by atoms with Crippen LogP contribution >= 0.6 is 11.6 Å². The van der Waals surface area contributed by atoms with Gasteiger partial charge in [0.05, 0.1) is 36.6 Å². The molecule has 0 bridgehead atoms. The Hall–Kier alpha value is -3.72. The third kappa shape index (κ3) is 6.35. The summed E-state index contributed by atoms with van der Waals surface area (Å²) in [4.78, 5) is 39.9. The molecule has 0 spiro atoms. The molecule has 2 aromatic carbocycles. The van der Waals surface area contributed by atoms with E-state index in [1.807, 2.05) is 27.7 Å². The monoisotopic (exact) mass is 530 g/mol. The number of barbiturate groups is 1. The van der Waals surface area contributed by atoms with Crippen LogP contribution in [0.1, 0.15) is 46.6 Å². The van der Waals surface area contributed by atoms with E-state index in [1.54, 1.807) is 31.2 Å². The number of hydrogen-bond donors (Lipinski definition) is 1. The molecule has 3 rings (SSSR count). The molecule has 1 atom stereocenters. The zero-order valence-electron chi connectivity index (χ0n) is 21.6. The van der Waals surface area contributed by atoms with Gasteiger partial charge < -0.3 is 18.9 Å². The SMILES string of the molecule is CCOc1ccc(OCC)c(N2C(=O)NC(=O)/C(=C\c3cc(Cl)c(O[C@H](C)CC)c(OCC)c3)C2=O)c1. The van der Waals surface area contributed by atoms with Crippen molar-refractivity contribution in [3.63, 3.8) is 0 Å². The van der Waals surface area contributed by atoms with Gasteiger partial charge in [0.25, 0.3) is 11.8 Å². The summed E-state index contributed by atoms with van der Waals surface area (Å²) in [6, 6.07) is 7.10. The van der Waals surface area contributed by atoms with Gasteiger partial charge in [-0.1, -0.05) is 18.5 Å². The number of carbonyl (C=O) groups is 3. The number of rotatable bonds is 11. The average Bonchev–Trinajstić information content (AvgIpc) is 2.85. The number of nitrogens with one attached hydrogen (secondary N) is 1. The van der Waals surface area contributed by atoms with Crippen LogP contribution in [0.2, 0.25) is 5.02 Å². The van der Waals surface area contributed by atoms with Crippen molar-refractivity contribution in [2.24, 2.45) is 0 Å². The zero-order chi connectivity index (χ0) is 27.1. The van der Waals surface area contributed by atoms with Crippen molar-refractivity contribution in [3.8, 4) is 23.0 Å². The van der Waals surface area contributed by atoms with E-state index in [9.17, 15) is 14.4 Å². The summed E-state index contributed by atoms with van der Waals surface area (Å²) in [6.07, 6.45) is 2.02. The number of carbonyl (C=O) groups excluding carboxylic acids is 3. The molecule has 0 aliphatic carbocycles. The molecular formula is C27H31ClN2O7. The van der Waals surface area contributed by atoms with Gasteiger partial charge in [0.1, 0.15) is 17.1 Å². The summed E-state index contributed by atoms with van der Waals surface area (Å²) in [7, 11) is 0. The Morgan fingerprint density at radius 1 is 0.946 bits per heavy atom. The molecule has 4 amide bonds. The topological polar surface area (TPSA) is 103 Å². The maximum atomic E-state index is 13.5. The number of hydrogen-bond acceptors (Lipinski definition) is 7. The second-order valence-corrected chi connectivity index (χ2v) is 8.46. The number of benzene rings is 2. The predicted molar refractivity (Wildman–Crippen MR) is 141 cm³/mol. The molecular weight excluding hydrogens is 500 g/mol. The van der Waals surface area contributed by atoms with E-state index in [1.165, 1.54) is 12.1 Å². The molecule has 10 heteroatoms. The van der Waals surface area contributed by atoms with Crippen molar-refractivity contribution < 1.29 is 33.3 Å². The van der Waals surface area contributed by atoms with Crippen LogP contribution in [-0.4, -0.2) is 43.8 Å². The smallest absolute Gasteiger partial charge is 0.336 e. The first-order chi connectivity index (χ1) is 17.7. The standard InChI is InChI=1S/C27H31ClN2O7/c1-6-16(5)37-24-20(28)13-17(14-23(24)36-9-4)12-19-25(31)29-27(33)30(26(19)32)21-15-18(34-7-2)10-11-22(21)35-8-3/h10-16H,6-9H2,1-5H3,(H,29,31,33)/b19-12+/t16-/m1/s1. The zero-order valence-corrected chi connectivity index (χ0v) is 22.3. The Kier molecular flexibility index (Phi) is 9.41. The molecule has 0 radical (unpaired) electrons. The maximum absolute atomic E-state index is 13.5. The van der Waals surface area contributed by atoms with Crippen LogP contribution in [0.25, 0.3) is 6.08 Å². The van der Waals surface area contributed by atoms with Crippen molar-refractivity contribution in [1.29, 1.82) is 0 Å². The predicted octanol–water partition coefficient (Wildman–Crippen LogP) is 5.38. The average molecular weight is 531 g/mol. The third-order valence-corrected chi connectivity index (χ3v) is 5.70. The summed E-state index contributed by atoms with van der Waals surface area (Å²) in [5.74, 6) is -0.172. The largest absolute Gasteiger partial charge is 0.494 e. The minimum atomic E-state index is -0.896. The fourth-order valence-corrected chi connectivity index (χ4v) is 3.85. The summed E-state index contributed by atoms with van der Waals surface area (Å²) in [5.41, 5.74) is 0.308. The third-order valence-electron chi connectivity index (χ3n) is 5.42. The van der Waals surface area contributed by atoms with Gasteiger partial charge in [-0.2, -0.15) is 0 Å². The van der Waals surface area contributed by atoms with E-state index in [0.717, 1.165) is 11.3 Å². The number of urea groups is 1. The van der Waals surface area contributed by atoms with Crippen LogP contribution in [0.3, 0.4) is 0 Å². The minimum Gasteiger partial charge on any atom is -0.494 e. The number of anilines is 1. The van der Waals surface area contributed by atoms with Crippen LogP contribution < -0.4 is 29.2 Å². The molecule has 1 aliphatic heterocycles. The first-order valence-electron chi connectivity index (χ1n) is 12.2. The quantitative estimate of drug-likeness (QED) is 0.307. The Bertz CT molecular complexity index is 1210. The number of imide groups is 2. The van der Waals surface area contributed by atoms with Crippen molar-refractivity contribution in [2.75, 3.05) is 24.7 Å². The molecule has 0 unspecified atom stereocenters. The molecule has 1 heterocycles. The molecule has 37 heavy (non-hydrogen) atoms. The molecule has 198 valence electrons. The lowest BCUT2D eigenvalue weighted by Crippen LogP contribution is -2.54. The molecule has 2 aromatic rings. The molecule has 0 saturated carbocycles. The first kappa shape index (κ1) is 27.9. The second kappa shape index (κ2) is 12.5. The summed E-state index contributed by atoms with van der Waals surface area (Å²) < 4.78 is 22.8. The lowest BCUT2D eigenvalue weighted by Gasteiger charge is -2.28. The number of ether oxygens (including phenoxy) is 4. The fourth-order valence-electron chi connectivity index (χ4n) is 3.58. The van der Waals surface area contributed by atoms with E-state index < -0.39 is 17.8 Å². The highest BCUT2D eigenvalue weighted by molar-refractivity contribution is 6.39. The van der Waals surface area contributed by atoms with Crippen LogP contribution in [0.15, 0.2) is 35.9 Å². The highest BCUT2D eigenvalue weighted by Crippen LogP contribution is 2.39. The Morgan fingerprint density at radius 2 is 1.62 bits per heavy atom. The van der Waals surface area contributed by atoms with Crippen LogP contribution in [0.5, 0.6) is 23.0 Å². The Morgan fingerprint density at radius 3 is 2.27 bits per heavy atom. The van der Waals surface area contributed by atoms with Crippen LogP contribution in [-0.2, 0) is 9.59 Å². The molecule has 1 saturated heterocycles. The van der Waals surface area contributed by atoms with E-state index in [-0.39, 0.29) is 28.1 Å². The maximum Gasteiger partial charge on any atom is 0.336 e. The highest BCUT2D eigenvalue weighted by Gasteiger charge is 2.38. The number of halogens is 1. The van der Waals surface area contributed by atoms with Gasteiger partial charge in [0, 0.05) is 6.07 Å². The van der Waals surface area contributed by atoms with Gasteiger partial charge in [-0.25, -0.2) is 9.69 Å². The van der Waals surface area contributed by atoms with E-state index in [0.29, 0.717) is 42.6 Å². The lowest BCUT2D eigenvalue weighted by atomic mass is 10.1. The van der Waals surface area contributed by atoms with Crippen molar-refractivity contribution in [1.82, 2.24) is 5.32 Å². The number of nitrogens with zero attached hydrogens (tertiary/aromatic N) is 1.